The van der Waals surface area contributed by atoms with Gasteiger partial charge in [-0.15, -0.1) is 10.2 Å². The molecular formula is C12H22N4. The maximum atomic E-state index is 4.30. The van der Waals surface area contributed by atoms with Crippen LogP contribution in [0.1, 0.15) is 51.2 Å². The van der Waals surface area contributed by atoms with Crippen LogP contribution in [0.5, 0.6) is 0 Å². The van der Waals surface area contributed by atoms with Crippen LogP contribution in [-0.4, -0.2) is 20.8 Å². The van der Waals surface area contributed by atoms with E-state index >= 15 is 0 Å². The van der Waals surface area contributed by atoms with Gasteiger partial charge in [0.05, 0.1) is 6.54 Å². The Morgan fingerprint density at radius 3 is 3.00 bits per heavy atom. The van der Waals surface area contributed by atoms with Gasteiger partial charge in [-0.3, -0.25) is 0 Å². The normalized spacial score (nSPS) is 17.9. The van der Waals surface area contributed by atoms with E-state index in [0.717, 1.165) is 31.8 Å². The highest BCUT2D eigenvalue weighted by Crippen LogP contribution is 2.14. The molecule has 1 N–H and O–H groups in total. The third-order valence-corrected chi connectivity index (χ3v) is 3.41. The Hall–Kier alpha value is -0.900. The van der Waals surface area contributed by atoms with Crippen molar-refractivity contribution in [3.63, 3.8) is 0 Å². The Morgan fingerprint density at radius 2 is 2.19 bits per heavy atom. The molecule has 2 heterocycles. The molecule has 0 spiro atoms. The lowest BCUT2D eigenvalue weighted by Gasteiger charge is -2.12. The summed E-state index contributed by atoms with van der Waals surface area (Å²) in [5.74, 6) is 2.29. The van der Waals surface area contributed by atoms with Crippen molar-refractivity contribution >= 4 is 0 Å². The van der Waals surface area contributed by atoms with E-state index in [-0.39, 0.29) is 0 Å². The topological polar surface area (TPSA) is 42.7 Å². The minimum Gasteiger partial charge on any atom is -0.314 e. The van der Waals surface area contributed by atoms with Crippen LogP contribution < -0.4 is 5.32 Å². The molecule has 1 aromatic heterocycles. The van der Waals surface area contributed by atoms with Crippen molar-refractivity contribution in [1.29, 1.82) is 0 Å². The summed E-state index contributed by atoms with van der Waals surface area (Å²) in [5.41, 5.74) is 0. The minimum atomic E-state index is 0.554. The standard InChI is InChI=1S/C12H22N4/c1-3-10(2)13-9-12-15-14-11-7-5-4-6-8-16(11)12/h10,13H,3-9H2,1-2H3. The molecule has 2 rings (SSSR count). The first kappa shape index (κ1) is 11.6. The highest BCUT2D eigenvalue weighted by atomic mass is 15.3. The van der Waals surface area contributed by atoms with Crippen molar-refractivity contribution < 1.29 is 0 Å². The Labute approximate surface area is 97.5 Å². The van der Waals surface area contributed by atoms with E-state index < -0.39 is 0 Å². The zero-order chi connectivity index (χ0) is 11.4. The zero-order valence-electron chi connectivity index (χ0n) is 10.4. The molecule has 0 aliphatic carbocycles. The summed E-state index contributed by atoms with van der Waals surface area (Å²) in [5, 5.41) is 12.1. The molecule has 90 valence electrons. The van der Waals surface area contributed by atoms with Gasteiger partial charge in [0.1, 0.15) is 11.6 Å². The fourth-order valence-corrected chi connectivity index (χ4v) is 2.09. The molecule has 0 amide bonds. The number of nitrogens with one attached hydrogen (secondary N) is 1. The van der Waals surface area contributed by atoms with Crippen LogP contribution in [0.4, 0.5) is 0 Å². The summed E-state index contributed by atoms with van der Waals surface area (Å²) in [7, 11) is 0. The van der Waals surface area contributed by atoms with Crippen LogP contribution in [0.2, 0.25) is 0 Å². The van der Waals surface area contributed by atoms with E-state index in [9.17, 15) is 0 Å². The smallest absolute Gasteiger partial charge is 0.147 e. The summed E-state index contributed by atoms with van der Waals surface area (Å²) >= 11 is 0. The van der Waals surface area contributed by atoms with Crippen LogP contribution in [0, 0.1) is 0 Å². The van der Waals surface area contributed by atoms with Gasteiger partial charge in [-0.1, -0.05) is 13.3 Å². The number of hydrogen-bond acceptors (Lipinski definition) is 3. The minimum absolute atomic E-state index is 0.554. The quantitative estimate of drug-likeness (QED) is 0.846. The molecule has 0 saturated heterocycles. The van der Waals surface area contributed by atoms with Gasteiger partial charge in [0.25, 0.3) is 0 Å². The van der Waals surface area contributed by atoms with Crippen molar-refractivity contribution in [3.05, 3.63) is 11.6 Å². The molecule has 16 heavy (non-hydrogen) atoms. The lowest BCUT2D eigenvalue weighted by Crippen LogP contribution is -2.26. The molecule has 1 aromatic rings. The van der Waals surface area contributed by atoms with Gasteiger partial charge in [0, 0.05) is 19.0 Å². The lowest BCUT2D eigenvalue weighted by molar-refractivity contribution is 0.502. The Morgan fingerprint density at radius 1 is 1.31 bits per heavy atom. The number of nitrogens with zero attached hydrogens (tertiary/aromatic N) is 3. The van der Waals surface area contributed by atoms with E-state index in [0.29, 0.717) is 6.04 Å². The van der Waals surface area contributed by atoms with Gasteiger partial charge in [-0.05, 0) is 26.2 Å². The van der Waals surface area contributed by atoms with Crippen LogP contribution in [-0.2, 0) is 19.5 Å². The fraction of sp³-hybridized carbons (Fsp3) is 0.833. The molecule has 0 fully saturated rings. The number of aromatic nitrogens is 3. The first-order valence-electron chi connectivity index (χ1n) is 6.45. The highest BCUT2D eigenvalue weighted by molar-refractivity contribution is 4.97. The predicted molar refractivity (Wildman–Crippen MR) is 64.2 cm³/mol. The molecular weight excluding hydrogens is 200 g/mol. The second-order valence-electron chi connectivity index (χ2n) is 4.68. The first-order chi connectivity index (χ1) is 7.81. The molecule has 0 bridgehead atoms. The third kappa shape index (κ3) is 2.61. The van der Waals surface area contributed by atoms with Crippen LogP contribution in [0.3, 0.4) is 0 Å². The monoisotopic (exact) mass is 222 g/mol. The molecule has 4 nitrogen and oxygen atoms in total. The Bertz CT molecular complexity index is 332. The van der Waals surface area contributed by atoms with Crippen LogP contribution in [0.25, 0.3) is 0 Å². The summed E-state index contributed by atoms with van der Waals surface area (Å²) in [6.07, 6.45) is 6.09. The van der Waals surface area contributed by atoms with Crippen molar-refractivity contribution in [2.75, 3.05) is 0 Å². The summed E-state index contributed by atoms with van der Waals surface area (Å²) in [4.78, 5) is 0. The summed E-state index contributed by atoms with van der Waals surface area (Å²) in [6.45, 7) is 6.35. The fourth-order valence-electron chi connectivity index (χ4n) is 2.09. The average Bonchev–Trinajstić information content (AvgIpc) is 2.54. The Kier molecular flexibility index (Phi) is 3.93. The van der Waals surface area contributed by atoms with Gasteiger partial charge in [0.2, 0.25) is 0 Å². The second kappa shape index (κ2) is 5.43. The molecule has 4 heteroatoms. The highest BCUT2D eigenvalue weighted by Gasteiger charge is 2.14. The van der Waals surface area contributed by atoms with E-state index in [1.54, 1.807) is 0 Å². The molecule has 0 aromatic carbocycles. The van der Waals surface area contributed by atoms with Crippen LogP contribution >= 0.6 is 0 Å². The Balaban J connectivity index is 2.01. The zero-order valence-corrected chi connectivity index (χ0v) is 10.4. The van der Waals surface area contributed by atoms with Gasteiger partial charge < -0.3 is 9.88 Å². The maximum Gasteiger partial charge on any atom is 0.147 e. The number of fused-ring (bicyclic) bond motifs is 1. The van der Waals surface area contributed by atoms with Crippen molar-refractivity contribution in [3.8, 4) is 0 Å². The van der Waals surface area contributed by atoms with E-state index in [1.807, 2.05) is 0 Å². The van der Waals surface area contributed by atoms with E-state index in [2.05, 4.69) is 33.9 Å². The number of aryl methyl sites for hydroxylation is 1. The van der Waals surface area contributed by atoms with Crippen molar-refractivity contribution in [2.45, 2.75) is 65.1 Å². The molecule has 1 unspecified atom stereocenters. The van der Waals surface area contributed by atoms with Gasteiger partial charge >= 0.3 is 0 Å². The summed E-state index contributed by atoms with van der Waals surface area (Å²) < 4.78 is 2.31. The molecule has 0 radical (unpaired) electrons. The van der Waals surface area contributed by atoms with Crippen LogP contribution in [0.15, 0.2) is 0 Å². The first-order valence-corrected chi connectivity index (χ1v) is 6.45. The van der Waals surface area contributed by atoms with E-state index in [4.69, 9.17) is 0 Å². The summed E-state index contributed by atoms with van der Waals surface area (Å²) in [6, 6.07) is 0.554. The average molecular weight is 222 g/mol. The second-order valence-corrected chi connectivity index (χ2v) is 4.68. The van der Waals surface area contributed by atoms with Gasteiger partial charge in [-0.2, -0.15) is 0 Å². The van der Waals surface area contributed by atoms with Gasteiger partial charge in [0.15, 0.2) is 0 Å². The largest absolute Gasteiger partial charge is 0.314 e. The molecule has 1 atom stereocenters. The molecule has 1 aliphatic rings. The number of rotatable bonds is 4. The third-order valence-electron chi connectivity index (χ3n) is 3.41. The molecule has 1 aliphatic heterocycles. The van der Waals surface area contributed by atoms with E-state index in [1.165, 1.54) is 25.1 Å². The van der Waals surface area contributed by atoms with Gasteiger partial charge in [-0.25, -0.2) is 0 Å². The molecule has 0 saturated carbocycles. The maximum absolute atomic E-state index is 4.30. The SMILES string of the molecule is CCC(C)NCc1nnc2n1CCCCC2. The predicted octanol–water partition coefficient (Wildman–Crippen LogP) is 1.89. The lowest BCUT2D eigenvalue weighted by atomic mass is 10.2. The number of hydrogen-bond donors (Lipinski definition) is 1. The van der Waals surface area contributed by atoms with Crippen molar-refractivity contribution in [1.82, 2.24) is 20.1 Å². The van der Waals surface area contributed by atoms with Crippen molar-refractivity contribution in [2.24, 2.45) is 0 Å².